The van der Waals surface area contributed by atoms with Gasteiger partial charge in [0, 0.05) is 6.04 Å². The average Bonchev–Trinajstić information content (AvgIpc) is 2.71. The van der Waals surface area contributed by atoms with E-state index in [2.05, 4.69) is 15.3 Å². The van der Waals surface area contributed by atoms with E-state index < -0.39 is 0 Å². The van der Waals surface area contributed by atoms with Crippen LogP contribution in [0.25, 0.3) is 0 Å². The Kier molecular flexibility index (Phi) is 2.89. The molecule has 0 spiro atoms. The largest absolute Gasteiger partial charge is 0.489 e. The fourth-order valence-corrected chi connectivity index (χ4v) is 1.94. The molecule has 82 valence electrons. The zero-order valence-electron chi connectivity index (χ0n) is 8.75. The zero-order chi connectivity index (χ0) is 10.7. The maximum absolute atomic E-state index is 11.4. The van der Waals surface area contributed by atoms with Crippen LogP contribution in [0.5, 0.6) is 5.75 Å². The molecule has 5 heteroatoms. The molecule has 0 bridgehead atoms. The summed E-state index contributed by atoms with van der Waals surface area (Å²) in [5.41, 5.74) is -0.243. The number of H-pyrrole nitrogens is 1. The van der Waals surface area contributed by atoms with Crippen LogP contribution in [0.1, 0.15) is 25.7 Å². The van der Waals surface area contributed by atoms with Crippen molar-refractivity contribution in [2.75, 3.05) is 12.4 Å². The number of nitrogens with zero attached hydrogens (tertiary/aromatic N) is 1. The van der Waals surface area contributed by atoms with Gasteiger partial charge >= 0.3 is 0 Å². The van der Waals surface area contributed by atoms with Crippen LogP contribution in [0.15, 0.2) is 11.1 Å². The van der Waals surface area contributed by atoms with Gasteiger partial charge < -0.3 is 15.0 Å². The third-order valence-corrected chi connectivity index (χ3v) is 2.71. The number of anilines is 1. The highest BCUT2D eigenvalue weighted by Crippen LogP contribution is 2.24. The van der Waals surface area contributed by atoms with Crippen LogP contribution in [-0.4, -0.2) is 23.1 Å². The lowest BCUT2D eigenvalue weighted by molar-refractivity contribution is 0.407. The van der Waals surface area contributed by atoms with Gasteiger partial charge in [0.2, 0.25) is 5.75 Å². The molecule has 0 saturated heterocycles. The number of ether oxygens (including phenoxy) is 1. The van der Waals surface area contributed by atoms with Crippen LogP contribution >= 0.6 is 0 Å². The molecule has 1 aliphatic rings. The van der Waals surface area contributed by atoms with Crippen molar-refractivity contribution in [3.8, 4) is 5.75 Å². The predicted molar refractivity (Wildman–Crippen MR) is 57.3 cm³/mol. The zero-order valence-corrected chi connectivity index (χ0v) is 8.75. The molecule has 5 nitrogen and oxygen atoms in total. The van der Waals surface area contributed by atoms with Gasteiger partial charge in [-0.1, -0.05) is 12.8 Å². The molecule has 1 fully saturated rings. The first-order valence-electron chi connectivity index (χ1n) is 5.19. The first-order chi connectivity index (χ1) is 7.31. The summed E-state index contributed by atoms with van der Waals surface area (Å²) >= 11 is 0. The van der Waals surface area contributed by atoms with Gasteiger partial charge in [-0.25, -0.2) is 4.98 Å². The van der Waals surface area contributed by atoms with Crippen LogP contribution in [0, 0.1) is 0 Å². The summed E-state index contributed by atoms with van der Waals surface area (Å²) in [6.07, 6.45) is 6.14. The topological polar surface area (TPSA) is 67.0 Å². The average molecular weight is 209 g/mol. The normalized spacial score (nSPS) is 16.6. The second-order valence-electron chi connectivity index (χ2n) is 3.74. The molecule has 0 aliphatic heterocycles. The van der Waals surface area contributed by atoms with Crippen LogP contribution in [0.3, 0.4) is 0 Å². The summed E-state index contributed by atoms with van der Waals surface area (Å²) in [4.78, 5) is 18.0. The summed E-state index contributed by atoms with van der Waals surface area (Å²) in [6, 6.07) is 0.424. The van der Waals surface area contributed by atoms with Crippen molar-refractivity contribution >= 4 is 5.82 Å². The molecule has 0 aromatic carbocycles. The van der Waals surface area contributed by atoms with Gasteiger partial charge in [-0.2, -0.15) is 0 Å². The van der Waals surface area contributed by atoms with E-state index in [0.717, 1.165) is 12.8 Å². The van der Waals surface area contributed by atoms with Crippen molar-refractivity contribution in [2.45, 2.75) is 31.7 Å². The monoisotopic (exact) mass is 209 g/mol. The Hall–Kier alpha value is -1.52. The molecule has 15 heavy (non-hydrogen) atoms. The molecule has 0 radical (unpaired) electrons. The van der Waals surface area contributed by atoms with Crippen molar-refractivity contribution in [2.24, 2.45) is 0 Å². The molecule has 1 aliphatic carbocycles. The van der Waals surface area contributed by atoms with Crippen molar-refractivity contribution in [3.05, 3.63) is 16.7 Å². The maximum Gasteiger partial charge on any atom is 0.295 e. The van der Waals surface area contributed by atoms with E-state index in [9.17, 15) is 4.79 Å². The van der Waals surface area contributed by atoms with Crippen molar-refractivity contribution in [1.82, 2.24) is 9.97 Å². The quantitative estimate of drug-likeness (QED) is 0.783. The van der Waals surface area contributed by atoms with Gasteiger partial charge in [0.05, 0.1) is 13.4 Å². The molecule has 1 aromatic rings. The van der Waals surface area contributed by atoms with E-state index in [-0.39, 0.29) is 11.3 Å². The van der Waals surface area contributed by atoms with Gasteiger partial charge in [-0.3, -0.25) is 4.79 Å². The number of methoxy groups -OCH3 is 1. The summed E-state index contributed by atoms with van der Waals surface area (Å²) in [5.74, 6) is 0.817. The number of nitrogens with one attached hydrogen (secondary N) is 2. The summed E-state index contributed by atoms with van der Waals surface area (Å²) in [6.45, 7) is 0. The molecular weight excluding hydrogens is 194 g/mol. The molecule has 2 rings (SSSR count). The molecule has 1 saturated carbocycles. The van der Waals surface area contributed by atoms with Crippen LogP contribution in [0.2, 0.25) is 0 Å². The third-order valence-electron chi connectivity index (χ3n) is 2.71. The second-order valence-corrected chi connectivity index (χ2v) is 3.74. The minimum Gasteiger partial charge on any atom is -0.489 e. The van der Waals surface area contributed by atoms with Crippen LogP contribution in [-0.2, 0) is 0 Å². The standard InChI is InChI=1S/C10H15N3O2/c1-15-8-9(11-6-12-10(8)14)13-7-4-2-3-5-7/h6-7H,2-5H2,1H3,(H2,11,12,13,14). The van der Waals surface area contributed by atoms with Gasteiger partial charge in [0.25, 0.3) is 5.56 Å². The van der Waals surface area contributed by atoms with E-state index >= 15 is 0 Å². The smallest absolute Gasteiger partial charge is 0.295 e. The molecule has 1 aromatic heterocycles. The number of rotatable bonds is 3. The van der Waals surface area contributed by atoms with Crippen LogP contribution < -0.4 is 15.6 Å². The lowest BCUT2D eigenvalue weighted by atomic mass is 10.2. The van der Waals surface area contributed by atoms with Gasteiger partial charge in [-0.15, -0.1) is 0 Å². The number of aromatic nitrogens is 2. The molecule has 0 amide bonds. The van der Waals surface area contributed by atoms with Gasteiger partial charge in [0.15, 0.2) is 5.82 Å². The van der Waals surface area contributed by atoms with Gasteiger partial charge in [-0.05, 0) is 12.8 Å². The molecule has 0 atom stereocenters. The highest BCUT2D eigenvalue weighted by molar-refractivity contribution is 5.48. The molecule has 1 heterocycles. The highest BCUT2D eigenvalue weighted by Gasteiger charge is 2.17. The lowest BCUT2D eigenvalue weighted by Gasteiger charge is -2.13. The Morgan fingerprint density at radius 1 is 1.53 bits per heavy atom. The Balaban J connectivity index is 2.19. The van der Waals surface area contributed by atoms with Gasteiger partial charge in [0.1, 0.15) is 0 Å². The highest BCUT2D eigenvalue weighted by atomic mass is 16.5. The number of hydrogen-bond donors (Lipinski definition) is 2. The Morgan fingerprint density at radius 2 is 2.27 bits per heavy atom. The number of aromatic amines is 1. The summed E-state index contributed by atoms with van der Waals surface area (Å²) < 4.78 is 5.02. The van der Waals surface area contributed by atoms with E-state index in [1.54, 1.807) is 0 Å². The summed E-state index contributed by atoms with van der Waals surface area (Å²) in [5, 5.41) is 3.25. The molecule has 0 unspecified atom stereocenters. The van der Waals surface area contributed by atoms with Crippen molar-refractivity contribution < 1.29 is 4.74 Å². The van der Waals surface area contributed by atoms with E-state index in [1.807, 2.05) is 0 Å². The fraction of sp³-hybridized carbons (Fsp3) is 0.600. The summed E-state index contributed by atoms with van der Waals surface area (Å²) in [7, 11) is 1.48. The first kappa shape index (κ1) is 10.0. The Bertz CT molecular complexity index is 382. The lowest BCUT2D eigenvalue weighted by Crippen LogP contribution is -2.20. The first-order valence-corrected chi connectivity index (χ1v) is 5.19. The van der Waals surface area contributed by atoms with Crippen LogP contribution in [0.4, 0.5) is 5.82 Å². The minimum atomic E-state index is -0.243. The van der Waals surface area contributed by atoms with E-state index in [1.165, 1.54) is 26.3 Å². The van der Waals surface area contributed by atoms with E-state index in [4.69, 9.17) is 4.74 Å². The Morgan fingerprint density at radius 3 is 2.93 bits per heavy atom. The fourth-order valence-electron chi connectivity index (χ4n) is 1.94. The molecule has 2 N–H and O–H groups in total. The molecular formula is C10H15N3O2. The second kappa shape index (κ2) is 4.33. The van der Waals surface area contributed by atoms with Crippen molar-refractivity contribution in [3.63, 3.8) is 0 Å². The third kappa shape index (κ3) is 2.11. The SMILES string of the molecule is COc1c(NC2CCCC2)nc[nH]c1=O. The van der Waals surface area contributed by atoms with Crippen molar-refractivity contribution in [1.29, 1.82) is 0 Å². The Labute approximate surface area is 87.9 Å². The van der Waals surface area contributed by atoms with E-state index in [0.29, 0.717) is 11.9 Å². The predicted octanol–water partition coefficient (Wildman–Crippen LogP) is 1.13. The number of hydrogen-bond acceptors (Lipinski definition) is 4. The maximum atomic E-state index is 11.4. The minimum absolute atomic E-state index is 0.243.